The van der Waals surface area contributed by atoms with E-state index in [2.05, 4.69) is 5.32 Å². The van der Waals surface area contributed by atoms with E-state index in [1.165, 1.54) is 17.0 Å². The minimum Gasteiger partial charge on any atom is -0.395 e. The van der Waals surface area contributed by atoms with Crippen molar-refractivity contribution in [3.63, 3.8) is 0 Å². The molecular weight excluding hydrogens is 327 g/mol. The molecule has 0 spiro atoms. The van der Waals surface area contributed by atoms with E-state index in [-0.39, 0.29) is 35.7 Å². The zero-order chi connectivity index (χ0) is 16.1. The van der Waals surface area contributed by atoms with Gasteiger partial charge in [-0.3, -0.25) is 14.5 Å². The maximum atomic E-state index is 12.9. The molecule has 2 N–H and O–H groups in total. The zero-order valence-corrected chi connectivity index (χ0v) is 13.0. The van der Waals surface area contributed by atoms with E-state index in [1.807, 2.05) is 0 Å². The van der Waals surface area contributed by atoms with Gasteiger partial charge in [0, 0.05) is 6.54 Å². The summed E-state index contributed by atoms with van der Waals surface area (Å²) in [5, 5.41) is 11.1. The van der Waals surface area contributed by atoms with Crippen LogP contribution in [0.25, 0.3) is 6.08 Å². The first kappa shape index (κ1) is 16.6. The van der Waals surface area contributed by atoms with Gasteiger partial charge in [0.25, 0.3) is 5.91 Å². The number of rotatable bonds is 5. The van der Waals surface area contributed by atoms with E-state index < -0.39 is 5.91 Å². The van der Waals surface area contributed by atoms with E-state index in [9.17, 15) is 14.0 Å². The van der Waals surface area contributed by atoms with E-state index in [0.29, 0.717) is 10.5 Å². The third kappa shape index (κ3) is 4.12. The first-order valence-corrected chi connectivity index (χ1v) is 7.62. The lowest BCUT2D eigenvalue weighted by Crippen LogP contribution is -2.40. The van der Waals surface area contributed by atoms with Crippen molar-refractivity contribution in [3.05, 3.63) is 40.6 Å². The van der Waals surface area contributed by atoms with Gasteiger partial charge >= 0.3 is 0 Å². The van der Waals surface area contributed by atoms with Gasteiger partial charge in [-0.15, -0.1) is 0 Å². The van der Waals surface area contributed by atoms with Gasteiger partial charge in [-0.25, -0.2) is 4.39 Å². The Morgan fingerprint density at radius 3 is 2.73 bits per heavy atom. The second-order valence-electron chi connectivity index (χ2n) is 4.39. The molecule has 1 heterocycles. The predicted octanol–water partition coefficient (Wildman–Crippen LogP) is 1.14. The average molecular weight is 340 g/mol. The highest BCUT2D eigenvalue weighted by molar-refractivity contribution is 8.26. The summed E-state index contributed by atoms with van der Waals surface area (Å²) in [4.78, 5) is 25.4. The molecule has 0 unspecified atom stereocenters. The van der Waals surface area contributed by atoms with Gasteiger partial charge in [0.15, 0.2) is 0 Å². The van der Waals surface area contributed by atoms with Crippen molar-refractivity contribution >= 4 is 46.2 Å². The smallest absolute Gasteiger partial charge is 0.266 e. The van der Waals surface area contributed by atoms with E-state index >= 15 is 0 Å². The minimum absolute atomic E-state index is 0.124. The van der Waals surface area contributed by atoms with Crippen LogP contribution >= 0.6 is 24.0 Å². The average Bonchev–Trinajstić information content (AvgIpc) is 2.75. The number of thioether (sulfide) groups is 1. The molecule has 0 bridgehead atoms. The molecule has 8 heteroatoms. The highest BCUT2D eigenvalue weighted by atomic mass is 32.2. The second kappa shape index (κ2) is 7.48. The number of carbonyl (C=O) groups is 2. The van der Waals surface area contributed by atoms with E-state index in [1.54, 1.807) is 18.2 Å². The summed E-state index contributed by atoms with van der Waals surface area (Å²) in [6.45, 7) is -0.237. The van der Waals surface area contributed by atoms with Gasteiger partial charge in [-0.1, -0.05) is 36.1 Å². The number of nitrogens with zero attached hydrogens (tertiary/aromatic N) is 1. The van der Waals surface area contributed by atoms with Crippen LogP contribution in [-0.2, 0) is 9.59 Å². The monoisotopic (exact) mass is 340 g/mol. The van der Waals surface area contributed by atoms with Crippen LogP contribution in [0.5, 0.6) is 0 Å². The number of halogens is 1. The van der Waals surface area contributed by atoms with Crippen LogP contribution in [0.1, 0.15) is 5.56 Å². The molecule has 1 aromatic carbocycles. The van der Waals surface area contributed by atoms with Crippen molar-refractivity contribution in [1.29, 1.82) is 0 Å². The first-order valence-electron chi connectivity index (χ1n) is 6.40. The molecule has 0 aromatic heterocycles. The molecular formula is C14H13FN2O3S2. The molecule has 0 radical (unpaired) electrons. The molecule has 1 fully saturated rings. The van der Waals surface area contributed by atoms with Crippen molar-refractivity contribution in [2.24, 2.45) is 0 Å². The van der Waals surface area contributed by atoms with Gasteiger partial charge in [-0.05, 0) is 23.8 Å². The lowest BCUT2D eigenvalue weighted by molar-refractivity contribution is -0.128. The number of benzene rings is 1. The van der Waals surface area contributed by atoms with Crippen LogP contribution < -0.4 is 5.32 Å². The normalized spacial score (nSPS) is 16.5. The van der Waals surface area contributed by atoms with Crippen LogP contribution in [0.2, 0.25) is 0 Å². The number of aliphatic hydroxyl groups excluding tert-OH is 1. The van der Waals surface area contributed by atoms with Crippen LogP contribution in [0, 0.1) is 5.82 Å². The Morgan fingerprint density at radius 2 is 2.09 bits per heavy atom. The fourth-order valence-corrected chi connectivity index (χ4v) is 3.00. The van der Waals surface area contributed by atoms with Crippen LogP contribution in [0.4, 0.5) is 4.39 Å². The summed E-state index contributed by atoms with van der Waals surface area (Å²) in [7, 11) is 0. The fraction of sp³-hybridized carbons (Fsp3) is 0.214. The molecule has 5 nitrogen and oxygen atoms in total. The predicted molar refractivity (Wildman–Crippen MR) is 86.4 cm³/mol. The molecule has 1 saturated heterocycles. The third-order valence-electron chi connectivity index (χ3n) is 2.78. The lowest BCUT2D eigenvalue weighted by atomic mass is 10.2. The van der Waals surface area contributed by atoms with Gasteiger partial charge in [0.2, 0.25) is 5.91 Å². The Labute approximate surface area is 136 Å². The standard InChI is InChI=1S/C14H13FN2O3S2/c15-10-3-1-9(2-4-10)7-11-13(20)17(14(21)22-11)8-12(19)16-5-6-18/h1-4,7,18H,5-6,8H2,(H,16,19)/b11-7-. The third-order valence-corrected chi connectivity index (χ3v) is 4.15. The Morgan fingerprint density at radius 1 is 1.41 bits per heavy atom. The number of aliphatic hydroxyl groups is 1. The molecule has 116 valence electrons. The number of amides is 2. The number of hydrogen-bond acceptors (Lipinski definition) is 5. The second-order valence-corrected chi connectivity index (χ2v) is 6.07. The largest absolute Gasteiger partial charge is 0.395 e. The van der Waals surface area contributed by atoms with Gasteiger partial charge in [0.1, 0.15) is 16.7 Å². The molecule has 1 aliphatic heterocycles. The van der Waals surface area contributed by atoms with Gasteiger partial charge < -0.3 is 10.4 Å². The number of thiocarbonyl (C=S) groups is 1. The molecule has 1 aliphatic rings. The Kier molecular flexibility index (Phi) is 5.64. The van der Waals surface area contributed by atoms with Crippen LogP contribution in [-0.4, -0.2) is 45.8 Å². The molecule has 2 rings (SSSR count). The van der Waals surface area contributed by atoms with Gasteiger partial charge in [-0.2, -0.15) is 0 Å². The summed E-state index contributed by atoms with van der Waals surface area (Å²) in [5.74, 6) is -1.11. The van der Waals surface area contributed by atoms with Crippen LogP contribution in [0.3, 0.4) is 0 Å². The maximum absolute atomic E-state index is 12.9. The Hall–Kier alpha value is -1.77. The van der Waals surface area contributed by atoms with Gasteiger partial charge in [0.05, 0.1) is 11.5 Å². The molecule has 0 aliphatic carbocycles. The summed E-state index contributed by atoms with van der Waals surface area (Å²) < 4.78 is 13.2. The molecule has 2 amide bonds. The van der Waals surface area contributed by atoms with E-state index in [0.717, 1.165) is 11.8 Å². The quantitative estimate of drug-likeness (QED) is 0.621. The Bertz CT molecular complexity index is 631. The summed E-state index contributed by atoms with van der Waals surface area (Å²) in [6.07, 6.45) is 1.60. The summed E-state index contributed by atoms with van der Waals surface area (Å²) >= 11 is 6.19. The zero-order valence-electron chi connectivity index (χ0n) is 11.4. The number of carbonyl (C=O) groups excluding carboxylic acids is 2. The highest BCUT2D eigenvalue weighted by Gasteiger charge is 2.33. The summed E-state index contributed by atoms with van der Waals surface area (Å²) in [5.41, 5.74) is 0.673. The Balaban J connectivity index is 2.08. The highest BCUT2D eigenvalue weighted by Crippen LogP contribution is 2.32. The lowest BCUT2D eigenvalue weighted by Gasteiger charge is -2.13. The van der Waals surface area contributed by atoms with Crippen LogP contribution in [0.15, 0.2) is 29.2 Å². The number of hydrogen-bond donors (Lipinski definition) is 2. The molecule has 22 heavy (non-hydrogen) atoms. The first-order chi connectivity index (χ1) is 10.5. The summed E-state index contributed by atoms with van der Waals surface area (Å²) in [6, 6.07) is 5.70. The molecule has 0 saturated carbocycles. The van der Waals surface area contributed by atoms with Crippen molar-refractivity contribution in [3.8, 4) is 0 Å². The maximum Gasteiger partial charge on any atom is 0.266 e. The van der Waals surface area contributed by atoms with Crippen molar-refractivity contribution in [2.45, 2.75) is 0 Å². The molecule has 1 aromatic rings. The SMILES string of the molecule is O=C(CN1C(=O)/C(=C/c2ccc(F)cc2)SC1=S)NCCO. The van der Waals surface area contributed by atoms with E-state index in [4.69, 9.17) is 17.3 Å². The van der Waals surface area contributed by atoms with Crippen molar-refractivity contribution in [2.75, 3.05) is 19.7 Å². The van der Waals surface area contributed by atoms with Crippen molar-refractivity contribution in [1.82, 2.24) is 10.2 Å². The topological polar surface area (TPSA) is 69.6 Å². The molecule has 0 atom stereocenters. The van der Waals surface area contributed by atoms with Crippen molar-refractivity contribution < 1.29 is 19.1 Å². The fourth-order valence-electron chi connectivity index (χ4n) is 1.74. The number of nitrogens with one attached hydrogen (secondary N) is 1. The minimum atomic E-state index is -0.395.